The fourth-order valence-electron chi connectivity index (χ4n) is 3.09. The Morgan fingerprint density at radius 2 is 1.94 bits per heavy atom. The van der Waals surface area contributed by atoms with Gasteiger partial charge in [-0.1, -0.05) is 30.3 Å². The quantitative estimate of drug-likeness (QED) is 0.208. The fraction of sp³-hybridized carbons (Fsp3) is 0.208. The van der Waals surface area contributed by atoms with Gasteiger partial charge in [0.2, 0.25) is 11.5 Å². The number of aryl methyl sites for hydroxylation is 2. The number of nitrogens with one attached hydrogen (secondary N) is 1. The Labute approximate surface area is 196 Å². The van der Waals surface area contributed by atoms with Crippen molar-refractivity contribution in [1.82, 2.24) is 9.78 Å². The third kappa shape index (κ3) is 6.06. The van der Waals surface area contributed by atoms with Crippen molar-refractivity contribution in [3.05, 3.63) is 81.7 Å². The zero-order valence-corrected chi connectivity index (χ0v) is 19.0. The van der Waals surface area contributed by atoms with Crippen molar-refractivity contribution in [2.24, 2.45) is 7.05 Å². The van der Waals surface area contributed by atoms with Crippen molar-refractivity contribution >= 4 is 29.1 Å². The van der Waals surface area contributed by atoms with E-state index in [2.05, 4.69) is 10.4 Å². The number of nitrogens with zero attached hydrogens (tertiary/aromatic N) is 3. The lowest BCUT2D eigenvalue weighted by Crippen LogP contribution is -2.20. The van der Waals surface area contributed by atoms with Crippen LogP contribution in [-0.4, -0.2) is 39.6 Å². The second-order valence-electron chi connectivity index (χ2n) is 7.28. The van der Waals surface area contributed by atoms with E-state index in [0.717, 1.165) is 5.56 Å². The molecule has 0 aliphatic heterocycles. The van der Waals surface area contributed by atoms with Gasteiger partial charge in [0.1, 0.15) is 6.20 Å². The molecule has 2 aromatic carbocycles. The highest BCUT2D eigenvalue weighted by atomic mass is 16.6. The van der Waals surface area contributed by atoms with Crippen molar-refractivity contribution in [3.8, 4) is 11.5 Å². The maximum Gasteiger partial charge on any atom is 0.318 e. The molecule has 176 valence electrons. The molecule has 0 fully saturated rings. The lowest BCUT2D eigenvalue weighted by molar-refractivity contribution is -0.385. The Morgan fingerprint density at radius 1 is 1.18 bits per heavy atom. The number of hydrogen-bond donors (Lipinski definition) is 1. The van der Waals surface area contributed by atoms with Crippen molar-refractivity contribution in [3.63, 3.8) is 0 Å². The second kappa shape index (κ2) is 10.9. The Bertz CT molecular complexity index is 1250. The second-order valence-corrected chi connectivity index (χ2v) is 7.28. The molecule has 10 heteroatoms. The van der Waals surface area contributed by atoms with Gasteiger partial charge in [0.15, 0.2) is 18.1 Å². The maximum absolute atomic E-state index is 12.4. The summed E-state index contributed by atoms with van der Waals surface area (Å²) in [6.07, 6.45) is 3.88. The number of ketones is 1. The summed E-state index contributed by atoms with van der Waals surface area (Å²) < 4.78 is 12.5. The van der Waals surface area contributed by atoms with E-state index in [9.17, 15) is 19.7 Å². The van der Waals surface area contributed by atoms with Gasteiger partial charge in [-0.15, -0.1) is 0 Å². The topological polar surface area (TPSA) is 126 Å². The normalized spacial score (nSPS) is 10.8. The number of carbonyl (C=O) groups excluding carboxylic acids is 2. The van der Waals surface area contributed by atoms with Gasteiger partial charge >= 0.3 is 5.69 Å². The number of nitro groups is 1. The molecule has 1 amide bonds. The van der Waals surface area contributed by atoms with Gasteiger partial charge in [-0.25, -0.2) is 0 Å². The maximum atomic E-state index is 12.4. The van der Waals surface area contributed by atoms with Crippen LogP contribution >= 0.6 is 0 Å². The summed E-state index contributed by atoms with van der Waals surface area (Å²) in [7, 11) is 1.50. The zero-order chi connectivity index (χ0) is 24.7. The Hall–Kier alpha value is -4.47. The van der Waals surface area contributed by atoms with Crippen molar-refractivity contribution in [2.75, 3.05) is 18.5 Å². The summed E-state index contributed by atoms with van der Waals surface area (Å²) >= 11 is 0. The molecule has 3 rings (SSSR count). The summed E-state index contributed by atoms with van der Waals surface area (Å²) in [5, 5.41) is 17.8. The van der Waals surface area contributed by atoms with Gasteiger partial charge < -0.3 is 14.8 Å². The summed E-state index contributed by atoms with van der Waals surface area (Å²) in [5.74, 6) is -0.156. The molecule has 3 aromatic rings. The summed E-state index contributed by atoms with van der Waals surface area (Å²) in [4.78, 5) is 35.2. The van der Waals surface area contributed by atoms with Gasteiger partial charge in [-0.3, -0.25) is 24.4 Å². The minimum atomic E-state index is -0.650. The molecule has 0 aliphatic rings. The molecular formula is C24H24N4O6. The first-order valence-electron chi connectivity index (χ1n) is 10.4. The van der Waals surface area contributed by atoms with E-state index in [0.29, 0.717) is 29.4 Å². The third-order valence-corrected chi connectivity index (χ3v) is 4.71. The van der Waals surface area contributed by atoms with Crippen molar-refractivity contribution in [2.45, 2.75) is 13.8 Å². The van der Waals surface area contributed by atoms with Crippen molar-refractivity contribution < 1.29 is 24.0 Å². The Balaban J connectivity index is 1.70. The minimum absolute atomic E-state index is 0.217. The van der Waals surface area contributed by atoms with E-state index in [-0.39, 0.29) is 23.9 Å². The van der Waals surface area contributed by atoms with Crippen LogP contribution in [-0.2, 0) is 11.8 Å². The molecule has 0 saturated carbocycles. The number of para-hydroxylation sites is 1. The molecule has 0 radical (unpaired) electrons. The number of anilines is 1. The SMILES string of the molecule is CCOc1cc(/C=C/C(=O)c2nn(C)cc2[N+](=O)[O-])ccc1OCC(=O)Nc1ccccc1C. The largest absolute Gasteiger partial charge is 0.490 e. The fourth-order valence-corrected chi connectivity index (χ4v) is 3.09. The van der Waals surface area contributed by atoms with Crippen LogP contribution in [0.4, 0.5) is 11.4 Å². The van der Waals surface area contributed by atoms with Crippen LogP contribution in [0.3, 0.4) is 0 Å². The van der Waals surface area contributed by atoms with Crippen LogP contribution < -0.4 is 14.8 Å². The zero-order valence-electron chi connectivity index (χ0n) is 19.0. The first kappa shape index (κ1) is 24.2. The van der Waals surface area contributed by atoms with Crippen molar-refractivity contribution in [1.29, 1.82) is 0 Å². The van der Waals surface area contributed by atoms with Crippen LogP contribution in [0.15, 0.2) is 54.7 Å². The molecule has 0 bridgehead atoms. The van der Waals surface area contributed by atoms with E-state index >= 15 is 0 Å². The number of hydrogen-bond acceptors (Lipinski definition) is 7. The monoisotopic (exact) mass is 464 g/mol. The standard InChI is InChI=1S/C24H24N4O6/c1-4-33-22-13-17(9-11-20(29)24-19(28(31)32)14-27(3)26-24)10-12-21(22)34-15-23(30)25-18-8-6-5-7-16(18)2/h5-14H,4,15H2,1-3H3,(H,25,30)/b11-9+. The van der Waals surface area contributed by atoms with Crippen LogP contribution in [0.5, 0.6) is 11.5 Å². The van der Waals surface area contributed by atoms with Gasteiger partial charge in [-0.05, 0) is 49.2 Å². The third-order valence-electron chi connectivity index (χ3n) is 4.71. The molecule has 0 atom stereocenters. The number of amides is 1. The van der Waals surface area contributed by atoms with Gasteiger partial charge in [-0.2, -0.15) is 5.10 Å². The number of allylic oxidation sites excluding steroid dienone is 1. The minimum Gasteiger partial charge on any atom is -0.490 e. The lowest BCUT2D eigenvalue weighted by atomic mass is 10.1. The molecule has 1 N–H and O–H groups in total. The van der Waals surface area contributed by atoms with E-state index < -0.39 is 10.7 Å². The van der Waals surface area contributed by atoms with Crippen LogP contribution in [0.25, 0.3) is 6.08 Å². The summed E-state index contributed by atoms with van der Waals surface area (Å²) in [5.41, 5.74) is 1.65. The van der Waals surface area contributed by atoms with Crippen LogP contribution in [0.1, 0.15) is 28.5 Å². The molecule has 0 aliphatic carbocycles. The Morgan fingerprint density at radius 3 is 2.65 bits per heavy atom. The molecule has 1 aromatic heterocycles. The predicted molar refractivity (Wildman–Crippen MR) is 126 cm³/mol. The molecule has 0 unspecified atom stereocenters. The van der Waals surface area contributed by atoms with E-state index in [4.69, 9.17) is 9.47 Å². The molecule has 10 nitrogen and oxygen atoms in total. The average molecular weight is 464 g/mol. The summed E-state index contributed by atoms with van der Waals surface area (Å²) in [6.45, 7) is 3.84. The van der Waals surface area contributed by atoms with E-state index in [1.807, 2.05) is 25.1 Å². The highest BCUT2D eigenvalue weighted by Crippen LogP contribution is 2.29. The molecule has 1 heterocycles. The van der Waals surface area contributed by atoms with E-state index in [1.165, 1.54) is 30.1 Å². The number of ether oxygens (including phenoxy) is 2. The van der Waals surface area contributed by atoms with Gasteiger partial charge in [0.25, 0.3) is 5.91 Å². The number of rotatable bonds is 10. The smallest absolute Gasteiger partial charge is 0.318 e. The molecule has 34 heavy (non-hydrogen) atoms. The first-order valence-corrected chi connectivity index (χ1v) is 10.4. The van der Waals surface area contributed by atoms with Gasteiger partial charge in [0, 0.05) is 12.7 Å². The molecular weight excluding hydrogens is 440 g/mol. The van der Waals surface area contributed by atoms with Crippen LogP contribution in [0, 0.1) is 17.0 Å². The highest BCUT2D eigenvalue weighted by Gasteiger charge is 2.23. The number of aromatic nitrogens is 2. The molecule has 0 spiro atoms. The number of benzene rings is 2. The van der Waals surface area contributed by atoms with E-state index in [1.54, 1.807) is 31.2 Å². The number of carbonyl (C=O) groups is 2. The first-order chi connectivity index (χ1) is 16.3. The highest BCUT2D eigenvalue weighted by molar-refractivity contribution is 6.08. The van der Waals surface area contributed by atoms with Gasteiger partial charge in [0.05, 0.1) is 11.5 Å². The lowest BCUT2D eigenvalue weighted by Gasteiger charge is -2.13. The van der Waals surface area contributed by atoms with Crippen LogP contribution in [0.2, 0.25) is 0 Å². The average Bonchev–Trinajstić information content (AvgIpc) is 3.21. The predicted octanol–water partition coefficient (Wildman–Crippen LogP) is 3.95. The summed E-state index contributed by atoms with van der Waals surface area (Å²) in [6, 6.07) is 12.4. The Kier molecular flexibility index (Phi) is 7.75. The molecule has 0 saturated heterocycles.